The zero-order valence-electron chi connectivity index (χ0n) is 12.0. The van der Waals surface area contributed by atoms with Crippen LogP contribution < -0.4 is 5.32 Å². The lowest BCUT2D eigenvalue weighted by Crippen LogP contribution is -2.41. The SMILES string of the molecule is CN(CC(O)C1CC1)C(=O)NCc1nc2ccccc2s1. The van der Waals surface area contributed by atoms with E-state index < -0.39 is 6.10 Å². The maximum absolute atomic E-state index is 12.0. The Labute approximate surface area is 127 Å². The standard InChI is InChI=1S/C15H19N3O2S/c1-18(9-12(19)10-6-7-10)15(20)16-8-14-17-11-4-2-3-5-13(11)21-14/h2-5,10,12,19H,6-9H2,1H3,(H,16,20). The second-order valence-corrected chi connectivity index (χ2v) is 6.63. The van der Waals surface area contributed by atoms with E-state index in [9.17, 15) is 9.90 Å². The van der Waals surface area contributed by atoms with Gasteiger partial charge >= 0.3 is 6.03 Å². The molecule has 0 bridgehead atoms. The van der Waals surface area contributed by atoms with E-state index in [2.05, 4.69) is 10.3 Å². The van der Waals surface area contributed by atoms with E-state index in [0.717, 1.165) is 28.1 Å². The average Bonchev–Trinajstić information content (AvgIpc) is 3.24. The molecular formula is C15H19N3O2S. The van der Waals surface area contributed by atoms with Gasteiger partial charge in [-0.25, -0.2) is 9.78 Å². The third kappa shape index (κ3) is 3.51. The van der Waals surface area contributed by atoms with Gasteiger partial charge in [-0.2, -0.15) is 0 Å². The zero-order chi connectivity index (χ0) is 14.8. The quantitative estimate of drug-likeness (QED) is 0.890. The monoisotopic (exact) mass is 305 g/mol. The molecule has 0 aliphatic heterocycles. The maximum Gasteiger partial charge on any atom is 0.317 e. The molecule has 2 amide bonds. The molecule has 21 heavy (non-hydrogen) atoms. The normalized spacial score (nSPS) is 15.9. The number of carbonyl (C=O) groups is 1. The predicted octanol–water partition coefficient (Wildman–Crippen LogP) is 2.21. The van der Waals surface area contributed by atoms with Gasteiger partial charge in [0.15, 0.2) is 0 Å². The Morgan fingerprint density at radius 1 is 1.52 bits per heavy atom. The molecule has 0 spiro atoms. The van der Waals surface area contributed by atoms with E-state index in [1.54, 1.807) is 18.4 Å². The number of thiazole rings is 1. The average molecular weight is 305 g/mol. The molecule has 112 valence electrons. The highest BCUT2D eigenvalue weighted by Gasteiger charge is 2.31. The molecule has 3 rings (SSSR count). The minimum Gasteiger partial charge on any atom is -0.391 e. The molecule has 1 fully saturated rings. The van der Waals surface area contributed by atoms with Crippen LogP contribution in [0.3, 0.4) is 0 Å². The molecule has 1 atom stereocenters. The van der Waals surface area contributed by atoms with Crippen LogP contribution in [0.2, 0.25) is 0 Å². The largest absolute Gasteiger partial charge is 0.391 e. The number of likely N-dealkylation sites (N-methyl/N-ethyl adjacent to an activating group) is 1. The van der Waals surface area contributed by atoms with Crippen molar-refractivity contribution in [3.05, 3.63) is 29.3 Å². The lowest BCUT2D eigenvalue weighted by atomic mass is 10.2. The second kappa shape index (κ2) is 5.99. The molecule has 1 unspecified atom stereocenters. The number of aromatic nitrogens is 1. The molecule has 2 N–H and O–H groups in total. The summed E-state index contributed by atoms with van der Waals surface area (Å²) < 4.78 is 1.12. The summed E-state index contributed by atoms with van der Waals surface area (Å²) in [4.78, 5) is 18.0. The van der Waals surface area contributed by atoms with Crippen molar-refractivity contribution < 1.29 is 9.90 Å². The fraction of sp³-hybridized carbons (Fsp3) is 0.467. The third-order valence-corrected chi connectivity index (χ3v) is 4.74. The number of benzene rings is 1. The summed E-state index contributed by atoms with van der Waals surface area (Å²) in [6, 6.07) is 7.76. The maximum atomic E-state index is 12.0. The highest BCUT2D eigenvalue weighted by molar-refractivity contribution is 7.18. The second-order valence-electron chi connectivity index (χ2n) is 5.52. The lowest BCUT2D eigenvalue weighted by molar-refractivity contribution is 0.113. The van der Waals surface area contributed by atoms with Gasteiger partial charge in [-0.15, -0.1) is 11.3 Å². The van der Waals surface area contributed by atoms with Crippen molar-refractivity contribution >= 4 is 27.6 Å². The first-order valence-electron chi connectivity index (χ1n) is 7.15. The van der Waals surface area contributed by atoms with Crippen LogP contribution in [0, 0.1) is 5.92 Å². The third-order valence-electron chi connectivity index (χ3n) is 3.70. The highest BCUT2D eigenvalue weighted by atomic mass is 32.1. The van der Waals surface area contributed by atoms with Crippen LogP contribution in [0.4, 0.5) is 4.79 Å². The molecule has 0 saturated heterocycles. The van der Waals surface area contributed by atoms with Crippen LogP contribution in [-0.2, 0) is 6.54 Å². The van der Waals surface area contributed by atoms with Crippen molar-refractivity contribution in [1.82, 2.24) is 15.2 Å². The Balaban J connectivity index is 1.52. The van der Waals surface area contributed by atoms with E-state index in [1.165, 1.54) is 4.90 Å². The number of nitrogens with zero attached hydrogens (tertiary/aromatic N) is 2. The fourth-order valence-electron chi connectivity index (χ4n) is 2.28. The molecule has 1 aromatic carbocycles. The zero-order valence-corrected chi connectivity index (χ0v) is 12.8. The smallest absolute Gasteiger partial charge is 0.317 e. The molecular weight excluding hydrogens is 286 g/mol. The van der Waals surface area contributed by atoms with E-state index in [-0.39, 0.29) is 6.03 Å². The number of carbonyl (C=O) groups excluding carboxylic acids is 1. The van der Waals surface area contributed by atoms with Gasteiger partial charge in [0.2, 0.25) is 0 Å². The first-order valence-corrected chi connectivity index (χ1v) is 7.96. The van der Waals surface area contributed by atoms with Gasteiger partial charge in [0.25, 0.3) is 0 Å². The van der Waals surface area contributed by atoms with Gasteiger partial charge in [-0.05, 0) is 30.9 Å². The number of urea groups is 1. The van der Waals surface area contributed by atoms with Crippen molar-refractivity contribution in [2.24, 2.45) is 5.92 Å². The number of aliphatic hydroxyl groups is 1. The van der Waals surface area contributed by atoms with Gasteiger partial charge in [0.1, 0.15) is 5.01 Å². The number of para-hydroxylation sites is 1. The van der Waals surface area contributed by atoms with Gasteiger partial charge in [0, 0.05) is 13.6 Å². The van der Waals surface area contributed by atoms with Gasteiger partial charge < -0.3 is 15.3 Å². The van der Waals surface area contributed by atoms with E-state index in [0.29, 0.717) is 19.0 Å². The molecule has 5 nitrogen and oxygen atoms in total. The van der Waals surface area contributed by atoms with Crippen molar-refractivity contribution in [2.75, 3.05) is 13.6 Å². The summed E-state index contributed by atoms with van der Waals surface area (Å²) >= 11 is 1.59. The summed E-state index contributed by atoms with van der Waals surface area (Å²) in [7, 11) is 1.71. The first-order chi connectivity index (χ1) is 10.1. The van der Waals surface area contributed by atoms with Gasteiger partial charge in [-0.3, -0.25) is 0 Å². The molecule has 1 heterocycles. The Morgan fingerprint density at radius 2 is 2.29 bits per heavy atom. The summed E-state index contributed by atoms with van der Waals surface area (Å²) in [5.41, 5.74) is 0.962. The lowest BCUT2D eigenvalue weighted by Gasteiger charge is -2.20. The predicted molar refractivity (Wildman–Crippen MR) is 83.2 cm³/mol. The first kappa shape index (κ1) is 14.3. The van der Waals surface area contributed by atoms with Crippen molar-refractivity contribution in [3.63, 3.8) is 0 Å². The summed E-state index contributed by atoms with van der Waals surface area (Å²) in [6.45, 7) is 0.804. The molecule has 1 aliphatic carbocycles. The minimum absolute atomic E-state index is 0.172. The summed E-state index contributed by atoms with van der Waals surface area (Å²) in [5, 5.41) is 13.6. The number of hydrogen-bond donors (Lipinski definition) is 2. The molecule has 1 aromatic heterocycles. The van der Waals surface area contributed by atoms with Gasteiger partial charge in [0.05, 0.1) is 22.9 Å². The van der Waals surface area contributed by atoms with Crippen LogP contribution in [-0.4, -0.2) is 40.7 Å². The van der Waals surface area contributed by atoms with Crippen LogP contribution >= 0.6 is 11.3 Å². The van der Waals surface area contributed by atoms with Crippen molar-refractivity contribution in [2.45, 2.75) is 25.5 Å². The number of nitrogens with one attached hydrogen (secondary N) is 1. The molecule has 1 aliphatic rings. The number of hydrogen-bond acceptors (Lipinski definition) is 4. The summed E-state index contributed by atoms with van der Waals surface area (Å²) in [5.74, 6) is 0.379. The Hall–Kier alpha value is -1.66. The molecule has 1 saturated carbocycles. The van der Waals surface area contributed by atoms with Crippen molar-refractivity contribution in [1.29, 1.82) is 0 Å². The highest BCUT2D eigenvalue weighted by Crippen LogP contribution is 2.32. The number of rotatable bonds is 5. The van der Waals surface area contributed by atoms with E-state index in [4.69, 9.17) is 0 Å². The van der Waals surface area contributed by atoms with Crippen LogP contribution in [0.25, 0.3) is 10.2 Å². The molecule has 2 aromatic rings. The minimum atomic E-state index is -0.400. The summed E-state index contributed by atoms with van der Waals surface area (Å²) in [6.07, 6.45) is 1.74. The van der Waals surface area contributed by atoms with Crippen LogP contribution in [0.15, 0.2) is 24.3 Å². The Morgan fingerprint density at radius 3 is 3.00 bits per heavy atom. The van der Waals surface area contributed by atoms with Gasteiger partial charge in [-0.1, -0.05) is 12.1 Å². The Bertz CT molecular complexity index is 606. The number of aliphatic hydroxyl groups excluding tert-OH is 1. The van der Waals surface area contributed by atoms with Crippen molar-refractivity contribution in [3.8, 4) is 0 Å². The van der Waals surface area contributed by atoms with Crippen LogP contribution in [0.5, 0.6) is 0 Å². The number of amides is 2. The molecule has 6 heteroatoms. The Kier molecular flexibility index (Phi) is 4.07. The molecule has 0 radical (unpaired) electrons. The van der Waals surface area contributed by atoms with E-state index in [1.807, 2.05) is 24.3 Å². The van der Waals surface area contributed by atoms with Crippen LogP contribution in [0.1, 0.15) is 17.8 Å². The fourth-order valence-corrected chi connectivity index (χ4v) is 3.18. The number of fused-ring (bicyclic) bond motifs is 1. The topological polar surface area (TPSA) is 65.5 Å². The van der Waals surface area contributed by atoms with E-state index >= 15 is 0 Å².